The second-order valence-corrected chi connectivity index (χ2v) is 12.0. The minimum absolute atomic E-state index is 0.00936. The highest BCUT2D eigenvalue weighted by atomic mass is 35.5. The van der Waals surface area contributed by atoms with Gasteiger partial charge in [-0.1, -0.05) is 91.3 Å². The molecule has 2 saturated heterocycles. The van der Waals surface area contributed by atoms with Gasteiger partial charge in [0.15, 0.2) is 0 Å². The third kappa shape index (κ3) is 6.03. The van der Waals surface area contributed by atoms with E-state index in [-0.39, 0.29) is 11.3 Å². The van der Waals surface area contributed by atoms with Crippen LogP contribution in [0.1, 0.15) is 52.6 Å². The zero-order valence-corrected chi connectivity index (χ0v) is 25.2. The molecule has 6 rings (SSSR count). The summed E-state index contributed by atoms with van der Waals surface area (Å²) < 4.78 is 2.04. The Morgan fingerprint density at radius 1 is 0.762 bits per heavy atom. The van der Waals surface area contributed by atoms with Crippen LogP contribution in [-0.2, 0) is 18.5 Å². The molecule has 2 aliphatic heterocycles. The fourth-order valence-corrected chi connectivity index (χ4v) is 6.80. The summed E-state index contributed by atoms with van der Waals surface area (Å²) in [6.07, 6.45) is 3.89. The van der Waals surface area contributed by atoms with Gasteiger partial charge in [-0.2, -0.15) is 0 Å². The van der Waals surface area contributed by atoms with E-state index in [1.807, 2.05) is 40.1 Å². The SMILES string of the molecule is CCN1CCN(C(=O)c2c(CN3CCC(c4ccccc4)(c4ccccc4)CC3)ncn2Cc2ccc(Cl)cc2)CC1. The number of likely N-dealkylation sites (tertiary alicyclic amines) is 1. The minimum Gasteiger partial charge on any atom is -0.335 e. The van der Waals surface area contributed by atoms with E-state index in [0.717, 1.165) is 75.6 Å². The molecule has 0 bridgehead atoms. The van der Waals surface area contributed by atoms with Crippen LogP contribution in [0.2, 0.25) is 5.02 Å². The number of amides is 1. The van der Waals surface area contributed by atoms with Crippen molar-refractivity contribution in [2.24, 2.45) is 0 Å². The Balaban J connectivity index is 1.24. The second kappa shape index (κ2) is 12.8. The van der Waals surface area contributed by atoms with Gasteiger partial charge in [0.1, 0.15) is 5.69 Å². The van der Waals surface area contributed by atoms with E-state index < -0.39 is 0 Å². The Bertz CT molecular complexity index is 1410. The number of imidazole rings is 1. The summed E-state index contributed by atoms with van der Waals surface area (Å²) in [7, 11) is 0. The highest BCUT2D eigenvalue weighted by Crippen LogP contribution is 2.42. The van der Waals surface area contributed by atoms with Crippen LogP contribution in [0.5, 0.6) is 0 Å². The molecule has 1 aromatic heterocycles. The molecule has 0 radical (unpaired) electrons. The molecular weight excluding hydrogens is 542 g/mol. The fourth-order valence-electron chi connectivity index (χ4n) is 6.67. The van der Waals surface area contributed by atoms with Crippen molar-refractivity contribution in [2.75, 3.05) is 45.8 Å². The number of likely N-dealkylation sites (N-methyl/N-ethyl adjacent to an activating group) is 1. The lowest BCUT2D eigenvalue weighted by molar-refractivity contribution is 0.0630. The Labute approximate surface area is 254 Å². The molecule has 7 heteroatoms. The lowest BCUT2D eigenvalue weighted by Crippen LogP contribution is -2.49. The van der Waals surface area contributed by atoms with E-state index in [2.05, 4.69) is 77.4 Å². The van der Waals surface area contributed by atoms with Crippen LogP contribution in [0, 0.1) is 0 Å². The lowest BCUT2D eigenvalue weighted by Gasteiger charge is -2.43. The van der Waals surface area contributed by atoms with Gasteiger partial charge in [0, 0.05) is 49.7 Å². The number of carbonyl (C=O) groups excluding carboxylic acids is 1. The summed E-state index contributed by atoms with van der Waals surface area (Å²) >= 11 is 6.14. The van der Waals surface area contributed by atoms with Crippen LogP contribution in [0.3, 0.4) is 0 Å². The molecule has 0 spiro atoms. The smallest absolute Gasteiger partial charge is 0.272 e. The molecule has 0 atom stereocenters. The lowest BCUT2D eigenvalue weighted by atomic mass is 9.68. The highest BCUT2D eigenvalue weighted by molar-refractivity contribution is 6.30. The first-order valence-corrected chi connectivity index (χ1v) is 15.6. The van der Waals surface area contributed by atoms with Crippen LogP contribution in [0.4, 0.5) is 0 Å². The molecule has 218 valence electrons. The second-order valence-electron chi connectivity index (χ2n) is 11.6. The maximum Gasteiger partial charge on any atom is 0.272 e. The third-order valence-corrected chi connectivity index (χ3v) is 9.48. The van der Waals surface area contributed by atoms with Crippen LogP contribution in [0.25, 0.3) is 0 Å². The van der Waals surface area contributed by atoms with Crippen LogP contribution >= 0.6 is 11.6 Å². The van der Waals surface area contributed by atoms with Gasteiger partial charge in [0.25, 0.3) is 5.91 Å². The van der Waals surface area contributed by atoms with Gasteiger partial charge in [-0.05, 0) is 61.3 Å². The molecule has 0 unspecified atom stereocenters. The maximum absolute atomic E-state index is 14.1. The molecule has 1 amide bonds. The summed E-state index contributed by atoms with van der Waals surface area (Å²) in [5.41, 5.74) is 5.44. The molecule has 0 aliphatic carbocycles. The summed E-state index contributed by atoms with van der Waals surface area (Å²) in [6.45, 7) is 9.66. The van der Waals surface area contributed by atoms with E-state index in [9.17, 15) is 4.79 Å². The number of hydrogen-bond acceptors (Lipinski definition) is 4. The van der Waals surface area contributed by atoms with E-state index in [1.54, 1.807) is 0 Å². The molecule has 6 nitrogen and oxygen atoms in total. The van der Waals surface area contributed by atoms with Crippen molar-refractivity contribution in [2.45, 2.75) is 38.3 Å². The van der Waals surface area contributed by atoms with Gasteiger partial charge < -0.3 is 14.4 Å². The molecule has 4 aromatic rings. The average molecular weight is 582 g/mol. The molecule has 0 N–H and O–H groups in total. The fraction of sp³-hybridized carbons (Fsp3) is 0.371. The molecule has 3 heterocycles. The van der Waals surface area contributed by atoms with E-state index in [0.29, 0.717) is 18.1 Å². The van der Waals surface area contributed by atoms with Gasteiger partial charge in [-0.3, -0.25) is 9.69 Å². The monoisotopic (exact) mass is 581 g/mol. The van der Waals surface area contributed by atoms with Crippen LogP contribution in [0.15, 0.2) is 91.3 Å². The summed E-state index contributed by atoms with van der Waals surface area (Å²) in [4.78, 5) is 25.8. The number of rotatable bonds is 8. The number of benzene rings is 3. The molecule has 2 fully saturated rings. The standard InChI is InChI=1S/C35H40ClN5O/c1-2-38-21-23-40(24-22-38)34(42)33-32(37-27-41(33)25-28-13-15-31(36)16-14-28)26-39-19-17-35(18-20-39,29-9-5-3-6-10-29)30-11-7-4-8-12-30/h3-16,27H,2,17-26H2,1H3. The summed E-state index contributed by atoms with van der Waals surface area (Å²) in [6, 6.07) is 29.7. The van der Waals surface area contributed by atoms with Gasteiger partial charge >= 0.3 is 0 Å². The van der Waals surface area contributed by atoms with Crippen LogP contribution in [-0.4, -0.2) is 76.0 Å². The van der Waals surface area contributed by atoms with Crippen molar-refractivity contribution >= 4 is 17.5 Å². The number of hydrogen-bond donors (Lipinski definition) is 0. The minimum atomic E-state index is -0.00936. The molecule has 0 saturated carbocycles. The third-order valence-electron chi connectivity index (χ3n) is 9.22. The van der Waals surface area contributed by atoms with Crippen LogP contribution < -0.4 is 0 Å². The van der Waals surface area contributed by atoms with E-state index in [4.69, 9.17) is 16.6 Å². The predicted molar refractivity (Wildman–Crippen MR) is 169 cm³/mol. The number of carbonyl (C=O) groups is 1. The number of piperidine rings is 1. The molecule has 42 heavy (non-hydrogen) atoms. The zero-order chi connectivity index (χ0) is 28.9. The van der Waals surface area contributed by atoms with Crippen molar-refractivity contribution in [1.29, 1.82) is 0 Å². The summed E-state index contributed by atoms with van der Waals surface area (Å²) in [5, 5.41) is 0.711. The average Bonchev–Trinajstić information content (AvgIpc) is 3.44. The first kappa shape index (κ1) is 28.7. The normalized spacial score (nSPS) is 17.8. The largest absolute Gasteiger partial charge is 0.335 e. The Morgan fingerprint density at radius 3 is 1.93 bits per heavy atom. The van der Waals surface area contributed by atoms with Gasteiger partial charge in [0.2, 0.25) is 0 Å². The topological polar surface area (TPSA) is 44.6 Å². The Kier molecular flexibility index (Phi) is 8.75. The summed E-state index contributed by atoms with van der Waals surface area (Å²) in [5.74, 6) is 0.0899. The predicted octanol–water partition coefficient (Wildman–Crippen LogP) is 5.94. The van der Waals surface area contributed by atoms with Crippen molar-refractivity contribution in [3.05, 3.63) is 124 Å². The van der Waals surface area contributed by atoms with Crippen molar-refractivity contribution in [3.63, 3.8) is 0 Å². The van der Waals surface area contributed by atoms with E-state index in [1.165, 1.54) is 11.1 Å². The quantitative estimate of drug-likeness (QED) is 0.258. The molecule has 3 aromatic carbocycles. The molecule has 2 aliphatic rings. The number of piperazine rings is 1. The van der Waals surface area contributed by atoms with Crippen molar-refractivity contribution in [1.82, 2.24) is 24.3 Å². The van der Waals surface area contributed by atoms with Crippen molar-refractivity contribution in [3.8, 4) is 0 Å². The van der Waals surface area contributed by atoms with Gasteiger partial charge in [-0.25, -0.2) is 4.98 Å². The number of nitrogens with zero attached hydrogens (tertiary/aromatic N) is 5. The van der Waals surface area contributed by atoms with Crippen molar-refractivity contribution < 1.29 is 4.79 Å². The zero-order valence-electron chi connectivity index (χ0n) is 24.5. The first-order chi connectivity index (χ1) is 20.6. The number of halogens is 1. The van der Waals surface area contributed by atoms with Gasteiger partial charge in [0.05, 0.1) is 12.0 Å². The van der Waals surface area contributed by atoms with E-state index >= 15 is 0 Å². The Hall–Kier alpha value is -3.45. The molecular formula is C35H40ClN5O. The maximum atomic E-state index is 14.1. The van der Waals surface area contributed by atoms with Gasteiger partial charge in [-0.15, -0.1) is 0 Å². The number of aromatic nitrogens is 2. The first-order valence-electron chi connectivity index (χ1n) is 15.2. The highest BCUT2D eigenvalue weighted by Gasteiger charge is 2.38. The Morgan fingerprint density at radius 2 is 1.36 bits per heavy atom.